The van der Waals surface area contributed by atoms with E-state index in [0.717, 1.165) is 49.4 Å². The van der Waals surface area contributed by atoms with E-state index in [1.54, 1.807) is 0 Å². The minimum atomic E-state index is -4.70. The zero-order valence-electron chi connectivity index (χ0n) is 14.7. The third kappa shape index (κ3) is 4.55. The van der Waals surface area contributed by atoms with Crippen LogP contribution in [0.25, 0.3) is 0 Å². The molecule has 2 aromatic rings. The second-order valence-electron chi connectivity index (χ2n) is 6.05. The van der Waals surface area contributed by atoms with Gasteiger partial charge in [-0.1, -0.05) is 6.07 Å². The predicted octanol–water partition coefficient (Wildman–Crippen LogP) is 2.90. The van der Waals surface area contributed by atoms with Crippen LogP contribution in [0.3, 0.4) is 0 Å². The van der Waals surface area contributed by atoms with E-state index in [-0.39, 0.29) is 0 Å². The van der Waals surface area contributed by atoms with E-state index < -0.39 is 54.7 Å². The summed E-state index contributed by atoms with van der Waals surface area (Å²) in [6, 6.07) is 8.04. The van der Waals surface area contributed by atoms with E-state index in [1.807, 2.05) is 5.32 Å². The molecule has 1 amide bonds. The molecule has 2 unspecified atom stereocenters. The van der Waals surface area contributed by atoms with Gasteiger partial charge in [-0.25, -0.2) is 12.8 Å². The number of nitrogens with zero attached hydrogens (tertiary/aromatic N) is 1. The van der Waals surface area contributed by atoms with Gasteiger partial charge in [0.2, 0.25) is 5.60 Å². The maximum Gasteiger partial charge on any atom is 0.416 e. The molecule has 0 aromatic heterocycles. The van der Waals surface area contributed by atoms with E-state index in [9.17, 15) is 41.1 Å². The molecule has 0 saturated carbocycles. The molecule has 0 aliphatic carbocycles. The first-order valence-electron chi connectivity index (χ1n) is 7.94. The van der Waals surface area contributed by atoms with Gasteiger partial charge in [0.1, 0.15) is 17.1 Å². The fraction of sp³-hybridized carbons (Fsp3) is 0.222. The van der Waals surface area contributed by atoms with Gasteiger partial charge < -0.3 is 10.4 Å². The Hall–Kier alpha value is -2.97. The quantitative estimate of drug-likeness (QED) is 0.431. The molecular formula is C18H14F4N2O4S. The fourth-order valence-electron chi connectivity index (χ4n) is 2.38. The van der Waals surface area contributed by atoms with Gasteiger partial charge in [-0.3, -0.25) is 4.79 Å². The largest absolute Gasteiger partial charge is 0.416 e. The molecular weight excluding hydrogens is 416 g/mol. The standard InChI is InChI=1S/C18H14F4N2O4S/c1-11(29(27,28)15-7-5-13(19)6-8-15)17(26,10-23)16(25)24-14-4-2-3-12(9-14)18(20,21)22/h2-9,11,26H,1H3,(H,24,25). The van der Waals surface area contributed by atoms with Crippen molar-refractivity contribution < 1.29 is 35.9 Å². The first-order chi connectivity index (χ1) is 13.3. The normalized spacial score (nSPS) is 15.1. The molecule has 6 nitrogen and oxygen atoms in total. The number of benzene rings is 2. The summed E-state index contributed by atoms with van der Waals surface area (Å²) in [5.74, 6) is -2.26. The number of rotatable bonds is 5. The highest BCUT2D eigenvalue weighted by Crippen LogP contribution is 2.31. The fourth-order valence-corrected chi connectivity index (χ4v) is 3.91. The molecule has 0 heterocycles. The van der Waals surface area contributed by atoms with Crippen LogP contribution < -0.4 is 5.32 Å². The molecule has 2 atom stereocenters. The Morgan fingerprint density at radius 3 is 2.28 bits per heavy atom. The molecule has 0 aliphatic heterocycles. The highest BCUT2D eigenvalue weighted by molar-refractivity contribution is 7.92. The second kappa shape index (κ2) is 7.81. The van der Waals surface area contributed by atoms with Crippen LogP contribution in [0, 0.1) is 17.1 Å². The number of hydrogen-bond donors (Lipinski definition) is 2. The van der Waals surface area contributed by atoms with Crippen LogP contribution in [-0.2, 0) is 20.8 Å². The van der Waals surface area contributed by atoms with E-state index in [2.05, 4.69) is 0 Å². The summed E-state index contributed by atoms with van der Waals surface area (Å²) in [6.07, 6.45) is -4.70. The molecule has 11 heteroatoms. The minimum Gasteiger partial charge on any atom is -0.367 e. The summed E-state index contributed by atoms with van der Waals surface area (Å²) >= 11 is 0. The smallest absolute Gasteiger partial charge is 0.367 e. The maximum absolute atomic E-state index is 13.0. The first kappa shape index (κ1) is 22.3. The average molecular weight is 430 g/mol. The molecule has 0 saturated heterocycles. The SMILES string of the molecule is CC(C(O)(C#N)C(=O)Nc1cccc(C(F)(F)F)c1)S(=O)(=O)c1ccc(F)cc1. The zero-order valence-corrected chi connectivity index (χ0v) is 15.6. The number of aliphatic hydroxyl groups is 1. The summed E-state index contributed by atoms with van der Waals surface area (Å²) in [4.78, 5) is 12.0. The monoisotopic (exact) mass is 430 g/mol. The Labute approximate surface area is 163 Å². The Morgan fingerprint density at radius 1 is 1.17 bits per heavy atom. The molecule has 2 aromatic carbocycles. The zero-order chi connectivity index (χ0) is 22.0. The number of amides is 1. The first-order valence-corrected chi connectivity index (χ1v) is 9.49. The van der Waals surface area contributed by atoms with E-state index >= 15 is 0 Å². The van der Waals surface area contributed by atoms with Crippen LogP contribution >= 0.6 is 0 Å². The van der Waals surface area contributed by atoms with Gasteiger partial charge in [-0.2, -0.15) is 18.4 Å². The van der Waals surface area contributed by atoms with Crippen molar-refractivity contribution >= 4 is 21.4 Å². The summed E-state index contributed by atoms with van der Waals surface area (Å²) in [5, 5.41) is 19.6. The predicted molar refractivity (Wildman–Crippen MR) is 93.7 cm³/mol. The van der Waals surface area contributed by atoms with Gasteiger partial charge in [0, 0.05) is 5.69 Å². The van der Waals surface area contributed by atoms with E-state index in [1.165, 1.54) is 6.07 Å². The number of halogens is 4. The third-order valence-corrected chi connectivity index (χ3v) is 6.36. The van der Waals surface area contributed by atoms with Crippen LogP contribution in [0.5, 0.6) is 0 Å². The van der Waals surface area contributed by atoms with Gasteiger partial charge in [-0.05, 0) is 49.4 Å². The molecule has 2 N–H and O–H groups in total. The number of carbonyl (C=O) groups excluding carboxylic acids is 1. The van der Waals surface area contributed by atoms with Gasteiger partial charge in [0.25, 0.3) is 5.91 Å². The van der Waals surface area contributed by atoms with Crippen LogP contribution in [0.15, 0.2) is 53.4 Å². The molecule has 29 heavy (non-hydrogen) atoms. The number of nitrogens with one attached hydrogen (secondary N) is 1. The Balaban J connectivity index is 2.36. The summed E-state index contributed by atoms with van der Waals surface area (Å²) in [6.45, 7) is 0.883. The molecule has 0 radical (unpaired) electrons. The molecule has 0 spiro atoms. The Bertz CT molecular complexity index is 1060. The van der Waals surface area contributed by atoms with Gasteiger partial charge in [-0.15, -0.1) is 0 Å². The lowest BCUT2D eigenvalue weighted by Gasteiger charge is -2.26. The van der Waals surface area contributed by atoms with Crippen molar-refractivity contribution in [3.05, 3.63) is 59.9 Å². The van der Waals surface area contributed by atoms with Gasteiger partial charge in [0.05, 0.1) is 10.5 Å². The number of sulfone groups is 1. The molecule has 0 bridgehead atoms. The van der Waals surface area contributed by atoms with Crippen LogP contribution in [0.1, 0.15) is 12.5 Å². The third-order valence-electron chi connectivity index (χ3n) is 4.16. The Morgan fingerprint density at radius 2 is 1.76 bits per heavy atom. The maximum atomic E-state index is 13.0. The highest BCUT2D eigenvalue weighted by atomic mass is 32.2. The highest BCUT2D eigenvalue weighted by Gasteiger charge is 2.49. The van der Waals surface area contributed by atoms with E-state index in [0.29, 0.717) is 6.07 Å². The van der Waals surface area contributed by atoms with Crippen molar-refractivity contribution in [1.29, 1.82) is 5.26 Å². The lowest BCUT2D eigenvalue weighted by Crippen LogP contribution is -2.53. The summed E-state index contributed by atoms with van der Waals surface area (Å²) in [5.41, 5.74) is -4.63. The van der Waals surface area contributed by atoms with Crippen molar-refractivity contribution in [3.63, 3.8) is 0 Å². The van der Waals surface area contributed by atoms with Crippen LogP contribution in [-0.4, -0.2) is 30.3 Å². The lowest BCUT2D eigenvalue weighted by atomic mass is 10.0. The van der Waals surface area contributed by atoms with Crippen LogP contribution in [0.4, 0.5) is 23.2 Å². The van der Waals surface area contributed by atoms with E-state index in [4.69, 9.17) is 0 Å². The molecule has 0 fully saturated rings. The number of carbonyl (C=O) groups is 1. The summed E-state index contributed by atoms with van der Waals surface area (Å²) in [7, 11) is -4.47. The number of nitriles is 1. The van der Waals surface area contributed by atoms with Crippen molar-refractivity contribution in [2.24, 2.45) is 0 Å². The second-order valence-corrected chi connectivity index (χ2v) is 8.32. The Kier molecular flexibility index (Phi) is 6.01. The number of hydrogen-bond acceptors (Lipinski definition) is 5. The van der Waals surface area contributed by atoms with Crippen molar-refractivity contribution in [2.45, 2.75) is 28.8 Å². The van der Waals surface area contributed by atoms with Crippen molar-refractivity contribution in [2.75, 3.05) is 5.32 Å². The number of anilines is 1. The molecule has 154 valence electrons. The van der Waals surface area contributed by atoms with Gasteiger partial charge >= 0.3 is 6.18 Å². The lowest BCUT2D eigenvalue weighted by molar-refractivity contribution is -0.137. The van der Waals surface area contributed by atoms with Gasteiger partial charge in [0.15, 0.2) is 9.84 Å². The van der Waals surface area contributed by atoms with Crippen molar-refractivity contribution in [3.8, 4) is 6.07 Å². The minimum absolute atomic E-state index is 0.398. The molecule has 0 aliphatic rings. The molecule has 2 rings (SSSR count). The summed E-state index contributed by atoms with van der Waals surface area (Å²) < 4.78 is 76.6. The average Bonchev–Trinajstić information content (AvgIpc) is 2.66. The number of alkyl halides is 3. The van der Waals surface area contributed by atoms with Crippen molar-refractivity contribution in [1.82, 2.24) is 0 Å². The van der Waals surface area contributed by atoms with Crippen LogP contribution in [0.2, 0.25) is 0 Å². The topological polar surface area (TPSA) is 107 Å².